The van der Waals surface area contributed by atoms with Crippen LogP contribution in [-0.2, 0) is 0 Å². The quantitative estimate of drug-likeness (QED) is 0.898. The first-order valence-corrected chi connectivity index (χ1v) is 8.51. The molecule has 0 atom stereocenters. The van der Waals surface area contributed by atoms with Gasteiger partial charge in [-0.1, -0.05) is 0 Å². The number of nitrogens with zero attached hydrogens (tertiary/aromatic N) is 1. The summed E-state index contributed by atoms with van der Waals surface area (Å²) < 4.78 is 10.5. The molecule has 0 spiro atoms. The van der Waals surface area contributed by atoms with Crippen LogP contribution in [0.4, 0.5) is 11.4 Å². The number of aryl methyl sites for hydroxylation is 1. The third-order valence-corrected chi connectivity index (χ3v) is 4.58. The van der Waals surface area contributed by atoms with Crippen LogP contribution in [0.2, 0.25) is 0 Å². The van der Waals surface area contributed by atoms with Crippen LogP contribution in [0.15, 0.2) is 36.4 Å². The van der Waals surface area contributed by atoms with Gasteiger partial charge in [-0.2, -0.15) is 0 Å². The molecule has 25 heavy (non-hydrogen) atoms. The van der Waals surface area contributed by atoms with Crippen molar-refractivity contribution in [3.63, 3.8) is 0 Å². The number of hydrogen-bond acceptors (Lipinski definition) is 4. The van der Waals surface area contributed by atoms with E-state index in [1.54, 1.807) is 32.4 Å². The number of amides is 1. The van der Waals surface area contributed by atoms with Crippen LogP contribution in [0.1, 0.15) is 28.8 Å². The van der Waals surface area contributed by atoms with Crippen molar-refractivity contribution in [1.82, 2.24) is 0 Å². The Morgan fingerprint density at radius 1 is 1.04 bits per heavy atom. The molecule has 1 N–H and O–H groups in total. The van der Waals surface area contributed by atoms with Crippen LogP contribution in [0, 0.1) is 6.92 Å². The highest BCUT2D eigenvalue weighted by Gasteiger charge is 2.16. The number of methoxy groups -OCH3 is 2. The van der Waals surface area contributed by atoms with E-state index in [1.165, 1.54) is 18.5 Å². The lowest BCUT2D eigenvalue weighted by Crippen LogP contribution is -2.18. The molecule has 1 aliphatic heterocycles. The Hall–Kier alpha value is -2.69. The van der Waals surface area contributed by atoms with Crippen LogP contribution < -0.4 is 19.7 Å². The Balaban J connectivity index is 1.79. The van der Waals surface area contributed by atoms with E-state index in [2.05, 4.69) is 22.3 Å². The molecule has 1 saturated heterocycles. The number of ether oxygens (including phenoxy) is 2. The number of nitrogens with one attached hydrogen (secondary N) is 1. The van der Waals surface area contributed by atoms with Gasteiger partial charge in [0, 0.05) is 30.5 Å². The van der Waals surface area contributed by atoms with Crippen LogP contribution in [0.25, 0.3) is 0 Å². The lowest BCUT2D eigenvalue weighted by atomic mass is 10.1. The van der Waals surface area contributed by atoms with Crippen molar-refractivity contribution in [1.29, 1.82) is 0 Å². The summed E-state index contributed by atoms with van der Waals surface area (Å²) in [4.78, 5) is 15.0. The molecular weight excluding hydrogens is 316 g/mol. The Labute approximate surface area is 148 Å². The standard InChI is InChI=1S/C20H24N2O3/c1-14-12-15(22-10-4-5-11-22)6-9-18(14)21-20(23)17-8-7-16(24-2)13-19(17)25-3/h6-9,12-13H,4-5,10-11H2,1-3H3,(H,21,23). The van der Waals surface area contributed by atoms with E-state index in [-0.39, 0.29) is 5.91 Å². The number of rotatable bonds is 5. The van der Waals surface area contributed by atoms with Gasteiger partial charge in [-0.3, -0.25) is 4.79 Å². The molecule has 5 heteroatoms. The summed E-state index contributed by atoms with van der Waals surface area (Å²) in [6.07, 6.45) is 2.49. The largest absolute Gasteiger partial charge is 0.497 e. The van der Waals surface area contributed by atoms with Crippen molar-refractivity contribution >= 4 is 17.3 Å². The van der Waals surface area contributed by atoms with Gasteiger partial charge in [0.15, 0.2) is 0 Å². The van der Waals surface area contributed by atoms with Crippen molar-refractivity contribution < 1.29 is 14.3 Å². The molecule has 0 aliphatic carbocycles. The van der Waals surface area contributed by atoms with Crippen LogP contribution in [-0.4, -0.2) is 33.2 Å². The fourth-order valence-corrected chi connectivity index (χ4v) is 3.14. The molecule has 1 fully saturated rings. The normalized spacial score (nSPS) is 13.6. The summed E-state index contributed by atoms with van der Waals surface area (Å²) in [5.41, 5.74) is 3.55. The Morgan fingerprint density at radius 3 is 2.44 bits per heavy atom. The monoisotopic (exact) mass is 340 g/mol. The Bertz CT molecular complexity index is 768. The summed E-state index contributed by atoms with van der Waals surface area (Å²) >= 11 is 0. The summed E-state index contributed by atoms with van der Waals surface area (Å²) in [7, 11) is 3.13. The zero-order valence-electron chi connectivity index (χ0n) is 15.0. The maximum absolute atomic E-state index is 12.6. The fourth-order valence-electron chi connectivity index (χ4n) is 3.14. The highest BCUT2D eigenvalue weighted by molar-refractivity contribution is 6.06. The van der Waals surface area contributed by atoms with Gasteiger partial charge in [-0.15, -0.1) is 0 Å². The molecule has 0 radical (unpaired) electrons. The second-order valence-corrected chi connectivity index (χ2v) is 6.21. The van der Waals surface area contributed by atoms with Gasteiger partial charge >= 0.3 is 0 Å². The first-order valence-electron chi connectivity index (χ1n) is 8.51. The third-order valence-electron chi connectivity index (χ3n) is 4.58. The highest BCUT2D eigenvalue weighted by atomic mass is 16.5. The third kappa shape index (κ3) is 3.71. The van der Waals surface area contributed by atoms with Gasteiger partial charge in [0.05, 0.1) is 19.8 Å². The van der Waals surface area contributed by atoms with Crippen molar-refractivity contribution in [2.45, 2.75) is 19.8 Å². The lowest BCUT2D eigenvalue weighted by molar-refractivity contribution is 0.102. The predicted octanol–water partition coefficient (Wildman–Crippen LogP) is 3.86. The number of carbonyl (C=O) groups excluding carboxylic acids is 1. The average Bonchev–Trinajstić information content (AvgIpc) is 3.17. The first-order chi connectivity index (χ1) is 12.1. The van der Waals surface area contributed by atoms with Crippen molar-refractivity contribution in [2.24, 2.45) is 0 Å². The Morgan fingerprint density at radius 2 is 1.80 bits per heavy atom. The maximum atomic E-state index is 12.6. The molecule has 3 rings (SSSR count). The van der Waals surface area contributed by atoms with Gasteiger partial charge in [0.2, 0.25) is 0 Å². The van der Waals surface area contributed by atoms with E-state index in [0.29, 0.717) is 17.1 Å². The molecule has 0 bridgehead atoms. The molecule has 132 valence electrons. The molecule has 1 aliphatic rings. The van der Waals surface area contributed by atoms with Gasteiger partial charge in [-0.25, -0.2) is 0 Å². The summed E-state index contributed by atoms with van der Waals surface area (Å²) in [5, 5.41) is 2.98. The smallest absolute Gasteiger partial charge is 0.259 e. The van der Waals surface area contributed by atoms with E-state index in [9.17, 15) is 4.79 Å². The summed E-state index contributed by atoms with van der Waals surface area (Å²) in [5.74, 6) is 0.944. The zero-order valence-corrected chi connectivity index (χ0v) is 15.0. The van der Waals surface area contributed by atoms with Gasteiger partial charge < -0.3 is 19.7 Å². The van der Waals surface area contributed by atoms with Crippen molar-refractivity contribution in [3.05, 3.63) is 47.5 Å². The summed E-state index contributed by atoms with van der Waals surface area (Å²) in [6.45, 7) is 4.23. The molecule has 2 aromatic rings. The molecule has 1 heterocycles. The SMILES string of the molecule is COc1ccc(C(=O)Nc2ccc(N3CCCC3)cc2C)c(OC)c1. The van der Waals surface area contributed by atoms with E-state index >= 15 is 0 Å². The molecule has 2 aromatic carbocycles. The Kier molecular flexibility index (Phi) is 5.12. The topological polar surface area (TPSA) is 50.8 Å². The van der Waals surface area contributed by atoms with Crippen LogP contribution in [0.5, 0.6) is 11.5 Å². The van der Waals surface area contributed by atoms with Gasteiger partial charge in [0.1, 0.15) is 11.5 Å². The maximum Gasteiger partial charge on any atom is 0.259 e. The van der Waals surface area contributed by atoms with E-state index < -0.39 is 0 Å². The van der Waals surface area contributed by atoms with Gasteiger partial charge in [-0.05, 0) is 55.7 Å². The molecule has 0 aromatic heterocycles. The van der Waals surface area contributed by atoms with Crippen molar-refractivity contribution in [2.75, 3.05) is 37.5 Å². The molecule has 0 unspecified atom stereocenters. The first kappa shape index (κ1) is 17.1. The predicted molar refractivity (Wildman–Crippen MR) is 100 cm³/mol. The second kappa shape index (κ2) is 7.47. The minimum Gasteiger partial charge on any atom is -0.497 e. The van der Waals surface area contributed by atoms with E-state index in [0.717, 1.165) is 24.3 Å². The average molecular weight is 340 g/mol. The number of carbonyl (C=O) groups is 1. The van der Waals surface area contributed by atoms with E-state index in [4.69, 9.17) is 9.47 Å². The lowest BCUT2D eigenvalue weighted by Gasteiger charge is -2.19. The minimum atomic E-state index is -0.198. The number of anilines is 2. The van der Waals surface area contributed by atoms with Crippen molar-refractivity contribution in [3.8, 4) is 11.5 Å². The molecular formula is C20H24N2O3. The number of benzene rings is 2. The van der Waals surface area contributed by atoms with Crippen LogP contribution >= 0.6 is 0 Å². The second-order valence-electron chi connectivity index (χ2n) is 6.21. The number of hydrogen-bond donors (Lipinski definition) is 1. The molecule has 0 saturated carbocycles. The molecule has 5 nitrogen and oxygen atoms in total. The summed E-state index contributed by atoms with van der Waals surface area (Å²) in [6, 6.07) is 11.3. The minimum absolute atomic E-state index is 0.198. The van der Waals surface area contributed by atoms with Crippen LogP contribution in [0.3, 0.4) is 0 Å². The zero-order chi connectivity index (χ0) is 17.8. The molecule has 1 amide bonds. The van der Waals surface area contributed by atoms with E-state index in [1.807, 2.05) is 13.0 Å². The van der Waals surface area contributed by atoms with Gasteiger partial charge in [0.25, 0.3) is 5.91 Å². The highest BCUT2D eigenvalue weighted by Crippen LogP contribution is 2.28. The fraction of sp³-hybridized carbons (Fsp3) is 0.350.